The Balaban J connectivity index is 1.15. The van der Waals surface area contributed by atoms with Crippen LogP contribution in [0.3, 0.4) is 0 Å². The van der Waals surface area contributed by atoms with Gasteiger partial charge in [0.15, 0.2) is 5.65 Å². The molecule has 5 heterocycles. The topological polar surface area (TPSA) is 143 Å². The lowest BCUT2D eigenvalue weighted by Crippen LogP contribution is -2.38. The average molecular weight is 516 g/mol. The summed E-state index contributed by atoms with van der Waals surface area (Å²) in [6.45, 7) is 3.53. The van der Waals surface area contributed by atoms with E-state index in [9.17, 15) is 9.59 Å². The van der Waals surface area contributed by atoms with Crippen molar-refractivity contribution < 1.29 is 14.7 Å². The van der Waals surface area contributed by atoms with Crippen LogP contribution in [-0.4, -0.2) is 76.4 Å². The Morgan fingerprint density at radius 3 is 2.79 bits per heavy atom. The van der Waals surface area contributed by atoms with Crippen molar-refractivity contribution in [2.45, 2.75) is 44.7 Å². The Morgan fingerprint density at radius 1 is 1.11 bits per heavy atom. The number of carbonyl (C=O) groups is 2. The molecule has 0 bridgehead atoms. The van der Waals surface area contributed by atoms with Gasteiger partial charge in [-0.3, -0.25) is 28.6 Å². The highest BCUT2D eigenvalue weighted by molar-refractivity contribution is 6.03. The molecule has 3 N–H and O–H groups in total. The van der Waals surface area contributed by atoms with E-state index in [1.54, 1.807) is 40.7 Å². The number of anilines is 2. The molecule has 2 amide bonds. The van der Waals surface area contributed by atoms with Gasteiger partial charge in [-0.1, -0.05) is 0 Å². The van der Waals surface area contributed by atoms with Crippen LogP contribution in [0.25, 0.3) is 16.8 Å². The monoisotopic (exact) mass is 515 g/mol. The second-order valence-corrected chi connectivity index (χ2v) is 9.99. The molecule has 2 aliphatic rings. The van der Waals surface area contributed by atoms with Gasteiger partial charge in [-0.15, -0.1) is 10.2 Å². The first-order valence-corrected chi connectivity index (χ1v) is 12.8. The van der Waals surface area contributed by atoms with Crippen molar-refractivity contribution in [3.8, 4) is 11.1 Å². The number of likely N-dealkylation sites (tertiary alicyclic amines) is 1. The zero-order chi connectivity index (χ0) is 26.3. The number of hydrogen-bond donors (Lipinski definition) is 3. The molecule has 1 saturated heterocycles. The fourth-order valence-electron chi connectivity index (χ4n) is 5.19. The number of fused-ring (bicyclic) bond motifs is 1. The van der Waals surface area contributed by atoms with E-state index in [-0.39, 0.29) is 23.9 Å². The SMILES string of the molecule is Cc1ncc(NC(=O)CN2CCCC23CC3)cc1NC(=O)c1nnc2cc(-c3cnn(CCO)c3)ccn12. The van der Waals surface area contributed by atoms with Crippen molar-refractivity contribution in [1.29, 1.82) is 0 Å². The Morgan fingerprint density at radius 2 is 1.97 bits per heavy atom. The minimum atomic E-state index is -0.442. The smallest absolute Gasteiger partial charge is 0.294 e. The van der Waals surface area contributed by atoms with E-state index >= 15 is 0 Å². The van der Waals surface area contributed by atoms with Crippen LogP contribution in [0.15, 0.2) is 43.0 Å². The molecule has 2 fully saturated rings. The fraction of sp³-hybridized carbons (Fsp3) is 0.385. The standard InChI is InChI=1S/C26H29N9O3/c1-17-21(12-20(14-27-17)29-23(37)16-33-7-2-4-26(33)5-6-26)30-25(38)24-32-31-22-11-18(3-8-35(22)24)19-13-28-34(15-19)9-10-36/h3,8,11-15,36H,2,4-7,9-10,16H2,1H3,(H,29,37)(H,30,38). The lowest BCUT2D eigenvalue weighted by molar-refractivity contribution is -0.117. The number of rotatable bonds is 8. The quantitative estimate of drug-likeness (QED) is 0.324. The summed E-state index contributed by atoms with van der Waals surface area (Å²) < 4.78 is 3.26. The predicted molar refractivity (Wildman–Crippen MR) is 140 cm³/mol. The molecule has 12 nitrogen and oxygen atoms in total. The van der Waals surface area contributed by atoms with Crippen molar-refractivity contribution in [2.24, 2.45) is 0 Å². The molecule has 12 heteroatoms. The number of aryl methyl sites for hydroxylation is 1. The average Bonchev–Trinajstić information content (AvgIpc) is 3.19. The van der Waals surface area contributed by atoms with Crippen LogP contribution < -0.4 is 10.6 Å². The molecule has 4 aromatic rings. The largest absolute Gasteiger partial charge is 0.394 e. The van der Waals surface area contributed by atoms with Crippen molar-refractivity contribution in [1.82, 2.24) is 34.3 Å². The number of aromatic nitrogens is 6. The zero-order valence-electron chi connectivity index (χ0n) is 21.1. The summed E-state index contributed by atoms with van der Waals surface area (Å²) in [6, 6.07) is 5.38. The Bertz CT molecular complexity index is 1520. The molecule has 196 valence electrons. The van der Waals surface area contributed by atoms with Crippen LogP contribution in [-0.2, 0) is 11.3 Å². The van der Waals surface area contributed by atoms with Crippen LogP contribution in [0.5, 0.6) is 0 Å². The first-order valence-electron chi connectivity index (χ1n) is 12.8. The molecule has 1 saturated carbocycles. The van der Waals surface area contributed by atoms with Gasteiger partial charge in [0.2, 0.25) is 11.7 Å². The van der Waals surface area contributed by atoms with Gasteiger partial charge in [0.05, 0.1) is 49.2 Å². The predicted octanol–water partition coefficient (Wildman–Crippen LogP) is 2.11. The van der Waals surface area contributed by atoms with Crippen LogP contribution >= 0.6 is 0 Å². The van der Waals surface area contributed by atoms with Gasteiger partial charge in [-0.2, -0.15) is 5.10 Å². The van der Waals surface area contributed by atoms with Crippen molar-refractivity contribution >= 4 is 28.8 Å². The summed E-state index contributed by atoms with van der Waals surface area (Å²) in [4.78, 5) is 32.5. The molecule has 0 atom stereocenters. The highest BCUT2D eigenvalue weighted by atomic mass is 16.3. The lowest BCUT2D eigenvalue weighted by atomic mass is 10.1. The number of hydrogen-bond acceptors (Lipinski definition) is 8. The minimum Gasteiger partial charge on any atom is -0.394 e. The maximum Gasteiger partial charge on any atom is 0.294 e. The minimum absolute atomic E-state index is 0.00626. The van der Waals surface area contributed by atoms with E-state index < -0.39 is 5.91 Å². The summed E-state index contributed by atoms with van der Waals surface area (Å²) in [7, 11) is 0. The molecular formula is C26H29N9O3. The fourth-order valence-corrected chi connectivity index (χ4v) is 5.19. The Hall–Kier alpha value is -4.16. The van der Waals surface area contributed by atoms with E-state index in [0.717, 1.165) is 24.1 Å². The maximum atomic E-state index is 13.1. The molecule has 38 heavy (non-hydrogen) atoms. The van der Waals surface area contributed by atoms with Crippen LogP contribution in [0.1, 0.15) is 42.0 Å². The summed E-state index contributed by atoms with van der Waals surface area (Å²) in [5, 5.41) is 27.4. The summed E-state index contributed by atoms with van der Waals surface area (Å²) in [6.07, 6.45) is 11.5. The van der Waals surface area contributed by atoms with E-state index in [2.05, 4.69) is 35.8 Å². The summed E-state index contributed by atoms with van der Waals surface area (Å²) >= 11 is 0. The third-order valence-corrected chi connectivity index (χ3v) is 7.43. The first-order chi connectivity index (χ1) is 18.4. The van der Waals surface area contributed by atoms with E-state index in [0.29, 0.717) is 35.8 Å². The molecule has 1 aliphatic heterocycles. The van der Waals surface area contributed by atoms with Crippen molar-refractivity contribution in [3.05, 3.63) is 54.5 Å². The number of aliphatic hydroxyl groups excluding tert-OH is 1. The van der Waals surface area contributed by atoms with Gasteiger partial charge in [-0.05, 0) is 62.9 Å². The zero-order valence-corrected chi connectivity index (χ0v) is 21.1. The number of amides is 2. The van der Waals surface area contributed by atoms with Crippen molar-refractivity contribution in [3.63, 3.8) is 0 Å². The van der Waals surface area contributed by atoms with Gasteiger partial charge >= 0.3 is 0 Å². The van der Waals surface area contributed by atoms with Gasteiger partial charge in [0, 0.05) is 23.5 Å². The maximum absolute atomic E-state index is 13.1. The first kappa shape index (κ1) is 24.2. The molecule has 0 radical (unpaired) electrons. The van der Waals surface area contributed by atoms with Gasteiger partial charge in [0.1, 0.15) is 0 Å². The molecule has 0 aromatic carbocycles. The summed E-state index contributed by atoms with van der Waals surface area (Å²) in [5.74, 6) is -0.399. The second kappa shape index (κ2) is 9.62. The lowest BCUT2D eigenvalue weighted by Gasteiger charge is -2.23. The molecular weight excluding hydrogens is 486 g/mol. The normalized spacial score (nSPS) is 16.3. The second-order valence-electron chi connectivity index (χ2n) is 9.99. The molecule has 1 spiro atoms. The highest BCUT2D eigenvalue weighted by Crippen LogP contribution is 2.49. The number of aliphatic hydroxyl groups is 1. The van der Waals surface area contributed by atoms with Gasteiger partial charge in [-0.25, -0.2) is 0 Å². The molecule has 6 rings (SSSR count). The number of nitrogens with one attached hydrogen (secondary N) is 2. The van der Waals surface area contributed by atoms with Crippen LogP contribution in [0.2, 0.25) is 0 Å². The van der Waals surface area contributed by atoms with E-state index in [4.69, 9.17) is 5.11 Å². The number of carbonyl (C=O) groups excluding carboxylic acids is 2. The van der Waals surface area contributed by atoms with Crippen LogP contribution in [0.4, 0.5) is 11.4 Å². The summed E-state index contributed by atoms with van der Waals surface area (Å²) in [5.41, 5.74) is 4.12. The van der Waals surface area contributed by atoms with E-state index in [1.165, 1.54) is 19.3 Å². The van der Waals surface area contributed by atoms with Gasteiger partial charge in [0.25, 0.3) is 5.91 Å². The number of pyridine rings is 2. The van der Waals surface area contributed by atoms with Crippen LogP contribution in [0, 0.1) is 6.92 Å². The molecule has 1 aliphatic carbocycles. The Labute approximate surface area is 218 Å². The van der Waals surface area contributed by atoms with Crippen molar-refractivity contribution in [2.75, 3.05) is 30.3 Å². The third kappa shape index (κ3) is 4.63. The third-order valence-electron chi connectivity index (χ3n) is 7.43. The Kier molecular flexibility index (Phi) is 6.12. The molecule has 4 aromatic heterocycles. The number of nitrogens with zero attached hydrogens (tertiary/aromatic N) is 7. The van der Waals surface area contributed by atoms with E-state index in [1.807, 2.05) is 18.3 Å². The highest BCUT2D eigenvalue weighted by Gasteiger charge is 2.50. The van der Waals surface area contributed by atoms with Gasteiger partial charge < -0.3 is 15.7 Å². The molecule has 0 unspecified atom stereocenters.